The van der Waals surface area contributed by atoms with Crippen LogP contribution in [0.25, 0.3) is 0 Å². The zero-order valence-electron chi connectivity index (χ0n) is 12.6. The van der Waals surface area contributed by atoms with Crippen molar-refractivity contribution < 1.29 is 19.1 Å². The van der Waals surface area contributed by atoms with Gasteiger partial charge in [0.15, 0.2) is 0 Å². The fourth-order valence-electron chi connectivity index (χ4n) is 3.88. The summed E-state index contributed by atoms with van der Waals surface area (Å²) in [7, 11) is 0. The van der Waals surface area contributed by atoms with Crippen LogP contribution in [0.2, 0.25) is 5.02 Å². The summed E-state index contributed by atoms with van der Waals surface area (Å²) in [5.74, 6) is -1.64. The number of halogens is 1. The highest BCUT2D eigenvalue weighted by Crippen LogP contribution is 2.53. The average Bonchev–Trinajstić information content (AvgIpc) is 3.16. The van der Waals surface area contributed by atoms with Crippen molar-refractivity contribution >= 4 is 29.2 Å². The number of anilines is 1. The van der Waals surface area contributed by atoms with Crippen LogP contribution in [0.3, 0.4) is 0 Å². The minimum absolute atomic E-state index is 0.136. The van der Waals surface area contributed by atoms with E-state index < -0.39 is 17.4 Å². The molecule has 120 valence electrons. The first-order valence-electron chi connectivity index (χ1n) is 7.67. The maximum atomic E-state index is 13.0. The SMILES string of the molecule is CCOC(=O)[C@H]1[C@H]2C=CC3(CN(c4ccccc4Cl)C(=O)[C@@H]13)O2. The first kappa shape index (κ1) is 14.7. The highest BCUT2D eigenvalue weighted by atomic mass is 35.5. The summed E-state index contributed by atoms with van der Waals surface area (Å²) in [5, 5.41) is 0.503. The predicted molar refractivity (Wildman–Crippen MR) is 84.2 cm³/mol. The van der Waals surface area contributed by atoms with E-state index in [9.17, 15) is 9.59 Å². The lowest BCUT2D eigenvalue weighted by Crippen LogP contribution is -2.40. The molecule has 3 aliphatic heterocycles. The third-order valence-electron chi connectivity index (χ3n) is 4.80. The van der Waals surface area contributed by atoms with Gasteiger partial charge in [-0.05, 0) is 19.1 Å². The van der Waals surface area contributed by atoms with Gasteiger partial charge in [-0.25, -0.2) is 0 Å². The lowest BCUT2D eigenvalue weighted by atomic mass is 9.77. The Hall–Kier alpha value is -1.85. The Labute approximate surface area is 138 Å². The molecular weight excluding hydrogens is 318 g/mol. The molecule has 2 fully saturated rings. The summed E-state index contributed by atoms with van der Waals surface area (Å²) in [6, 6.07) is 7.19. The fourth-order valence-corrected chi connectivity index (χ4v) is 4.12. The number of nitrogens with zero attached hydrogens (tertiary/aromatic N) is 1. The second kappa shape index (κ2) is 5.08. The van der Waals surface area contributed by atoms with E-state index in [0.717, 1.165) is 0 Å². The Morgan fingerprint density at radius 2 is 2.26 bits per heavy atom. The number of carbonyl (C=O) groups is 2. The molecule has 2 saturated heterocycles. The van der Waals surface area contributed by atoms with Crippen LogP contribution < -0.4 is 4.90 Å². The van der Waals surface area contributed by atoms with E-state index in [1.807, 2.05) is 24.3 Å². The number of hydrogen-bond donors (Lipinski definition) is 0. The fraction of sp³-hybridized carbons (Fsp3) is 0.412. The Morgan fingerprint density at radius 3 is 3.00 bits per heavy atom. The Balaban J connectivity index is 1.71. The number of rotatable bonds is 3. The van der Waals surface area contributed by atoms with Crippen molar-refractivity contribution in [3.05, 3.63) is 41.4 Å². The maximum absolute atomic E-state index is 13.0. The monoisotopic (exact) mass is 333 g/mol. The summed E-state index contributed by atoms with van der Waals surface area (Å²) in [6.07, 6.45) is 3.39. The molecule has 0 saturated carbocycles. The molecule has 1 aromatic carbocycles. The van der Waals surface area contributed by atoms with Crippen molar-refractivity contribution in [3.8, 4) is 0 Å². The van der Waals surface area contributed by atoms with Gasteiger partial charge in [-0.1, -0.05) is 35.9 Å². The van der Waals surface area contributed by atoms with E-state index in [2.05, 4.69) is 0 Å². The van der Waals surface area contributed by atoms with Crippen LogP contribution in [-0.4, -0.2) is 36.7 Å². The molecule has 0 aliphatic carbocycles. The van der Waals surface area contributed by atoms with E-state index in [1.54, 1.807) is 24.0 Å². The molecule has 1 unspecified atom stereocenters. The summed E-state index contributed by atoms with van der Waals surface area (Å²) in [5.41, 5.74) is -0.107. The lowest BCUT2D eigenvalue weighted by Gasteiger charge is -2.22. The quantitative estimate of drug-likeness (QED) is 0.628. The van der Waals surface area contributed by atoms with Crippen LogP contribution in [0.4, 0.5) is 5.69 Å². The molecular formula is C17H16ClNO4. The molecule has 0 N–H and O–H groups in total. The number of fused-ring (bicyclic) bond motifs is 1. The average molecular weight is 334 g/mol. The highest BCUT2D eigenvalue weighted by Gasteiger charge is 2.67. The van der Waals surface area contributed by atoms with Gasteiger partial charge in [-0.2, -0.15) is 0 Å². The van der Waals surface area contributed by atoms with Crippen molar-refractivity contribution in [3.63, 3.8) is 0 Å². The largest absolute Gasteiger partial charge is 0.466 e. The topological polar surface area (TPSA) is 55.8 Å². The third-order valence-corrected chi connectivity index (χ3v) is 5.12. The minimum atomic E-state index is -0.752. The van der Waals surface area contributed by atoms with Gasteiger partial charge in [0.1, 0.15) is 11.5 Å². The molecule has 3 aliphatic rings. The summed E-state index contributed by atoms with van der Waals surface area (Å²) < 4.78 is 11.2. The van der Waals surface area contributed by atoms with Crippen molar-refractivity contribution in [2.24, 2.45) is 11.8 Å². The second-order valence-corrected chi connectivity index (χ2v) is 6.44. The summed E-state index contributed by atoms with van der Waals surface area (Å²) >= 11 is 6.23. The van der Waals surface area contributed by atoms with Crippen molar-refractivity contribution in [1.29, 1.82) is 0 Å². The molecule has 1 amide bonds. The van der Waals surface area contributed by atoms with Gasteiger partial charge in [0.05, 0.1) is 35.9 Å². The number of ether oxygens (including phenoxy) is 2. The van der Waals surface area contributed by atoms with Gasteiger partial charge in [-0.15, -0.1) is 0 Å². The molecule has 1 spiro atoms. The number of carbonyl (C=O) groups excluding carboxylic acids is 2. The second-order valence-electron chi connectivity index (χ2n) is 6.03. The van der Waals surface area contributed by atoms with Gasteiger partial charge in [0.25, 0.3) is 0 Å². The zero-order valence-corrected chi connectivity index (χ0v) is 13.3. The first-order chi connectivity index (χ1) is 11.1. The smallest absolute Gasteiger partial charge is 0.312 e. The number of esters is 1. The molecule has 4 atom stereocenters. The number of amides is 1. The van der Waals surface area contributed by atoms with Gasteiger partial charge in [0.2, 0.25) is 5.91 Å². The van der Waals surface area contributed by atoms with E-state index in [-0.39, 0.29) is 24.6 Å². The van der Waals surface area contributed by atoms with Crippen molar-refractivity contribution in [1.82, 2.24) is 0 Å². The number of benzene rings is 1. The van der Waals surface area contributed by atoms with Crippen LogP contribution in [0.5, 0.6) is 0 Å². The maximum Gasteiger partial charge on any atom is 0.312 e. The van der Waals surface area contributed by atoms with E-state index in [4.69, 9.17) is 21.1 Å². The predicted octanol–water partition coefficient (Wildman–Crippen LogP) is 2.19. The van der Waals surface area contributed by atoms with Crippen LogP contribution in [0.15, 0.2) is 36.4 Å². The highest BCUT2D eigenvalue weighted by molar-refractivity contribution is 6.34. The van der Waals surface area contributed by atoms with Crippen LogP contribution >= 0.6 is 11.6 Å². The Bertz CT molecular complexity index is 718. The molecule has 0 radical (unpaired) electrons. The molecule has 0 aromatic heterocycles. The molecule has 3 heterocycles. The molecule has 2 bridgehead atoms. The standard InChI is InChI=1S/C17H16ClNO4/c1-2-22-16(21)13-12-7-8-17(23-12)9-19(15(20)14(13)17)11-6-4-3-5-10(11)18/h3-8,12-14H,2,9H2,1H3/t12-,13+,14-,17?/m1/s1. The van der Waals surface area contributed by atoms with Crippen LogP contribution in [0.1, 0.15) is 6.92 Å². The van der Waals surface area contributed by atoms with Gasteiger partial charge < -0.3 is 14.4 Å². The molecule has 23 heavy (non-hydrogen) atoms. The van der Waals surface area contributed by atoms with Gasteiger partial charge >= 0.3 is 5.97 Å². The van der Waals surface area contributed by atoms with E-state index >= 15 is 0 Å². The minimum Gasteiger partial charge on any atom is -0.466 e. The van der Waals surface area contributed by atoms with Crippen LogP contribution in [-0.2, 0) is 19.1 Å². The van der Waals surface area contributed by atoms with Crippen molar-refractivity contribution in [2.45, 2.75) is 18.6 Å². The third kappa shape index (κ3) is 1.96. The van der Waals surface area contributed by atoms with Gasteiger partial charge in [-0.3, -0.25) is 9.59 Å². The molecule has 6 heteroatoms. The molecule has 4 rings (SSSR count). The normalized spacial score (nSPS) is 34.1. The van der Waals surface area contributed by atoms with Crippen LogP contribution in [0, 0.1) is 11.8 Å². The summed E-state index contributed by atoms with van der Waals surface area (Å²) in [4.78, 5) is 26.9. The number of hydrogen-bond acceptors (Lipinski definition) is 4. The number of para-hydroxylation sites is 1. The van der Waals surface area contributed by atoms with Crippen molar-refractivity contribution in [2.75, 3.05) is 18.1 Å². The van der Waals surface area contributed by atoms with E-state index in [1.165, 1.54) is 0 Å². The molecule has 5 nitrogen and oxygen atoms in total. The van der Waals surface area contributed by atoms with E-state index in [0.29, 0.717) is 17.3 Å². The Morgan fingerprint density at radius 1 is 1.48 bits per heavy atom. The van der Waals surface area contributed by atoms with Gasteiger partial charge in [0, 0.05) is 0 Å². The first-order valence-corrected chi connectivity index (χ1v) is 8.05. The lowest BCUT2D eigenvalue weighted by molar-refractivity contribution is -0.151. The molecule has 1 aromatic rings. The Kier molecular flexibility index (Phi) is 3.25. The summed E-state index contributed by atoms with van der Waals surface area (Å²) in [6.45, 7) is 2.40. The zero-order chi connectivity index (χ0) is 16.2.